The molecule has 11 heteroatoms. The SMILES string of the molecule is OC[C@H]1OC(OC[C@H]2OC(O)[C@H](O)[C@@H](O)[C@H]2O)[C@H](O)[C@@H](O)[C@H]1O. The molecule has 0 aromatic carbocycles. The monoisotopic (exact) mass is 342 g/mol. The average Bonchev–Trinajstić information content (AvgIpc) is 2.54. The van der Waals surface area contributed by atoms with Crippen LogP contribution in [0.25, 0.3) is 0 Å². The van der Waals surface area contributed by atoms with E-state index >= 15 is 0 Å². The summed E-state index contributed by atoms with van der Waals surface area (Å²) in [5.41, 5.74) is 0. The molecule has 10 atom stereocenters. The van der Waals surface area contributed by atoms with Gasteiger partial charge < -0.3 is 55.1 Å². The fourth-order valence-corrected chi connectivity index (χ4v) is 2.46. The van der Waals surface area contributed by atoms with E-state index in [0.717, 1.165) is 0 Å². The zero-order valence-electron chi connectivity index (χ0n) is 12.0. The minimum atomic E-state index is -1.74. The van der Waals surface area contributed by atoms with Crippen LogP contribution in [0, 0.1) is 0 Å². The summed E-state index contributed by atoms with van der Waals surface area (Å²) in [7, 11) is 0. The predicted molar refractivity (Wildman–Crippen MR) is 68.6 cm³/mol. The van der Waals surface area contributed by atoms with Crippen LogP contribution in [0.1, 0.15) is 0 Å². The molecule has 8 N–H and O–H groups in total. The van der Waals surface area contributed by atoms with E-state index in [0.29, 0.717) is 0 Å². The molecule has 0 aliphatic carbocycles. The van der Waals surface area contributed by atoms with E-state index in [9.17, 15) is 35.7 Å². The van der Waals surface area contributed by atoms with E-state index < -0.39 is 74.6 Å². The third kappa shape index (κ3) is 3.81. The zero-order chi connectivity index (χ0) is 17.3. The summed E-state index contributed by atoms with van der Waals surface area (Å²) in [6.45, 7) is -1.10. The van der Waals surface area contributed by atoms with Gasteiger partial charge in [-0.1, -0.05) is 0 Å². The molecule has 2 rings (SSSR count). The van der Waals surface area contributed by atoms with Crippen molar-refractivity contribution in [3.05, 3.63) is 0 Å². The highest BCUT2D eigenvalue weighted by Gasteiger charge is 2.46. The topological polar surface area (TPSA) is 190 Å². The summed E-state index contributed by atoms with van der Waals surface area (Å²) in [6.07, 6.45) is -15.3. The first kappa shape index (κ1) is 18.9. The molecule has 2 unspecified atom stereocenters. The van der Waals surface area contributed by atoms with E-state index in [-0.39, 0.29) is 0 Å². The molecule has 2 fully saturated rings. The Kier molecular flexibility index (Phi) is 6.27. The highest BCUT2D eigenvalue weighted by atomic mass is 16.7. The lowest BCUT2D eigenvalue weighted by Gasteiger charge is -2.41. The Bertz CT molecular complexity index is 380. The summed E-state index contributed by atoms with van der Waals surface area (Å²) in [4.78, 5) is 0. The van der Waals surface area contributed by atoms with Crippen LogP contribution in [-0.2, 0) is 14.2 Å². The van der Waals surface area contributed by atoms with Crippen molar-refractivity contribution in [3.8, 4) is 0 Å². The van der Waals surface area contributed by atoms with Gasteiger partial charge in [0.05, 0.1) is 13.2 Å². The Labute approximate surface area is 130 Å². The van der Waals surface area contributed by atoms with Gasteiger partial charge in [-0.3, -0.25) is 0 Å². The molecular formula is C12H22O11. The van der Waals surface area contributed by atoms with Crippen LogP contribution >= 0.6 is 0 Å². The Balaban J connectivity index is 1.94. The third-order valence-electron chi connectivity index (χ3n) is 3.96. The Morgan fingerprint density at radius 1 is 0.652 bits per heavy atom. The average molecular weight is 342 g/mol. The molecule has 0 bridgehead atoms. The number of hydrogen-bond donors (Lipinski definition) is 8. The standard InChI is InChI=1S/C12H22O11/c13-1-3-5(14)8(17)10(19)12(23-3)21-2-4-6(15)7(16)9(18)11(20)22-4/h3-20H,1-2H2/t3-,4-,5+,6+,7+,8+,9-,10-,11?,12?/m1/s1. The van der Waals surface area contributed by atoms with Crippen LogP contribution in [-0.4, -0.2) is 115 Å². The van der Waals surface area contributed by atoms with Crippen molar-refractivity contribution in [1.29, 1.82) is 0 Å². The first-order valence-corrected chi connectivity index (χ1v) is 7.07. The molecule has 0 aromatic rings. The second-order valence-electron chi connectivity index (χ2n) is 5.57. The second-order valence-corrected chi connectivity index (χ2v) is 5.57. The van der Waals surface area contributed by atoms with Crippen molar-refractivity contribution in [2.24, 2.45) is 0 Å². The van der Waals surface area contributed by atoms with E-state index in [1.807, 2.05) is 0 Å². The number of aliphatic hydroxyl groups excluding tert-OH is 8. The van der Waals surface area contributed by atoms with Gasteiger partial charge >= 0.3 is 0 Å². The maximum absolute atomic E-state index is 9.78. The van der Waals surface area contributed by atoms with Crippen LogP contribution in [0.2, 0.25) is 0 Å². The molecule has 0 spiro atoms. The van der Waals surface area contributed by atoms with Gasteiger partial charge in [0, 0.05) is 0 Å². The van der Waals surface area contributed by atoms with Crippen LogP contribution in [0.4, 0.5) is 0 Å². The minimum absolute atomic E-state index is 0.468. The zero-order valence-corrected chi connectivity index (χ0v) is 12.0. The maximum atomic E-state index is 9.78. The first-order valence-electron chi connectivity index (χ1n) is 7.07. The Hall–Kier alpha value is -0.440. The van der Waals surface area contributed by atoms with E-state index in [4.69, 9.17) is 19.3 Å². The van der Waals surface area contributed by atoms with Crippen LogP contribution < -0.4 is 0 Å². The van der Waals surface area contributed by atoms with Crippen molar-refractivity contribution in [2.75, 3.05) is 13.2 Å². The number of aliphatic hydroxyl groups is 8. The van der Waals surface area contributed by atoms with Gasteiger partial charge in [0.1, 0.15) is 48.8 Å². The molecule has 0 aromatic heterocycles. The van der Waals surface area contributed by atoms with Gasteiger partial charge in [0.15, 0.2) is 12.6 Å². The molecule has 0 amide bonds. The van der Waals surface area contributed by atoms with E-state index in [2.05, 4.69) is 0 Å². The molecule has 11 nitrogen and oxygen atoms in total. The van der Waals surface area contributed by atoms with Gasteiger partial charge in [-0.25, -0.2) is 0 Å². The predicted octanol–water partition coefficient (Wildman–Crippen LogP) is -5.40. The highest BCUT2D eigenvalue weighted by Crippen LogP contribution is 2.24. The van der Waals surface area contributed by atoms with Gasteiger partial charge in [-0.15, -0.1) is 0 Å². The largest absolute Gasteiger partial charge is 0.394 e. The quantitative estimate of drug-likeness (QED) is 0.243. The van der Waals surface area contributed by atoms with Gasteiger partial charge in [0.25, 0.3) is 0 Å². The molecular weight excluding hydrogens is 320 g/mol. The Morgan fingerprint density at radius 2 is 1.22 bits per heavy atom. The summed E-state index contributed by atoms with van der Waals surface area (Å²) >= 11 is 0. The molecule has 0 saturated carbocycles. The van der Waals surface area contributed by atoms with Gasteiger partial charge in [-0.05, 0) is 0 Å². The van der Waals surface area contributed by atoms with Crippen molar-refractivity contribution < 1.29 is 55.1 Å². The molecule has 2 heterocycles. The minimum Gasteiger partial charge on any atom is -0.394 e. The maximum Gasteiger partial charge on any atom is 0.186 e. The van der Waals surface area contributed by atoms with Crippen molar-refractivity contribution in [2.45, 2.75) is 61.4 Å². The number of rotatable bonds is 4. The molecule has 0 radical (unpaired) electrons. The first-order chi connectivity index (χ1) is 10.8. The van der Waals surface area contributed by atoms with Crippen LogP contribution in [0.15, 0.2) is 0 Å². The van der Waals surface area contributed by atoms with Crippen molar-refractivity contribution >= 4 is 0 Å². The summed E-state index contributed by atoms with van der Waals surface area (Å²) in [6, 6.07) is 0. The Morgan fingerprint density at radius 3 is 1.83 bits per heavy atom. The molecule has 2 aliphatic heterocycles. The molecule has 136 valence electrons. The lowest BCUT2D eigenvalue weighted by atomic mass is 9.98. The molecule has 23 heavy (non-hydrogen) atoms. The lowest BCUT2D eigenvalue weighted by Crippen LogP contribution is -2.61. The smallest absolute Gasteiger partial charge is 0.186 e. The molecule has 2 saturated heterocycles. The van der Waals surface area contributed by atoms with Crippen LogP contribution in [0.5, 0.6) is 0 Å². The van der Waals surface area contributed by atoms with E-state index in [1.165, 1.54) is 0 Å². The third-order valence-corrected chi connectivity index (χ3v) is 3.96. The normalized spacial score (nSPS) is 51.7. The fourth-order valence-electron chi connectivity index (χ4n) is 2.46. The van der Waals surface area contributed by atoms with Crippen molar-refractivity contribution in [1.82, 2.24) is 0 Å². The van der Waals surface area contributed by atoms with Gasteiger partial charge in [0.2, 0.25) is 0 Å². The van der Waals surface area contributed by atoms with E-state index in [1.54, 1.807) is 0 Å². The van der Waals surface area contributed by atoms with Crippen molar-refractivity contribution in [3.63, 3.8) is 0 Å². The highest BCUT2D eigenvalue weighted by molar-refractivity contribution is 4.91. The fraction of sp³-hybridized carbons (Fsp3) is 1.00. The van der Waals surface area contributed by atoms with Crippen LogP contribution in [0.3, 0.4) is 0 Å². The lowest BCUT2D eigenvalue weighted by molar-refractivity contribution is -0.325. The number of hydrogen-bond acceptors (Lipinski definition) is 11. The molecule has 2 aliphatic rings. The summed E-state index contributed by atoms with van der Waals surface area (Å²) in [5, 5.41) is 76.1. The summed E-state index contributed by atoms with van der Waals surface area (Å²) in [5.74, 6) is 0. The van der Waals surface area contributed by atoms with Gasteiger partial charge in [-0.2, -0.15) is 0 Å². The number of ether oxygens (including phenoxy) is 3. The summed E-state index contributed by atoms with van der Waals surface area (Å²) < 4.78 is 15.1. The second kappa shape index (κ2) is 7.63.